The Morgan fingerprint density at radius 1 is 0.975 bits per heavy atom. The van der Waals surface area contributed by atoms with Gasteiger partial charge in [0.25, 0.3) is 15.9 Å². The van der Waals surface area contributed by atoms with Crippen LogP contribution in [-0.4, -0.2) is 41.6 Å². The van der Waals surface area contributed by atoms with Gasteiger partial charge in [0.05, 0.1) is 22.5 Å². The minimum atomic E-state index is -4.08. The van der Waals surface area contributed by atoms with Crippen LogP contribution < -0.4 is 4.72 Å². The monoisotopic (exact) mass is 561 g/mol. The number of sulfonamides is 1. The van der Waals surface area contributed by atoms with Crippen LogP contribution >= 0.6 is 0 Å². The SMILES string of the molecule is Cc1noc(NS(=O)(=O)c2ccccc2-c2ccc(-c3ncco3)cc2CN(C)C(=O)c2c(C)noc2C)c1C. The summed E-state index contributed by atoms with van der Waals surface area (Å²) in [5, 5.41) is 7.73. The van der Waals surface area contributed by atoms with Crippen LogP contribution in [0.25, 0.3) is 22.6 Å². The van der Waals surface area contributed by atoms with Crippen molar-refractivity contribution in [3.8, 4) is 22.6 Å². The van der Waals surface area contributed by atoms with E-state index in [-0.39, 0.29) is 23.2 Å². The summed E-state index contributed by atoms with van der Waals surface area (Å²) in [5.74, 6) is 0.592. The fraction of sp³-hybridized carbons (Fsp3) is 0.214. The molecule has 0 unspecified atom stereocenters. The molecule has 11 nitrogen and oxygen atoms in total. The van der Waals surface area contributed by atoms with Crippen LogP contribution in [0, 0.1) is 27.7 Å². The molecule has 0 aliphatic rings. The molecule has 0 aliphatic heterocycles. The summed E-state index contributed by atoms with van der Waals surface area (Å²) in [5.41, 5.74) is 4.45. The van der Waals surface area contributed by atoms with E-state index < -0.39 is 10.0 Å². The third-order valence-electron chi connectivity index (χ3n) is 6.64. The third-order valence-corrected chi connectivity index (χ3v) is 8.03. The first-order valence-electron chi connectivity index (χ1n) is 12.3. The lowest BCUT2D eigenvalue weighted by Gasteiger charge is -2.21. The Hall–Kier alpha value is -4.71. The molecular weight excluding hydrogens is 534 g/mol. The predicted molar refractivity (Wildman–Crippen MR) is 146 cm³/mol. The molecule has 3 aromatic heterocycles. The van der Waals surface area contributed by atoms with Gasteiger partial charge in [-0.25, -0.2) is 18.1 Å². The van der Waals surface area contributed by atoms with Crippen LogP contribution in [0.15, 0.2) is 73.3 Å². The molecule has 0 radical (unpaired) electrons. The fourth-order valence-electron chi connectivity index (χ4n) is 4.40. The summed E-state index contributed by atoms with van der Waals surface area (Å²) in [6.45, 7) is 6.99. The average molecular weight is 562 g/mol. The smallest absolute Gasteiger partial charge is 0.264 e. The van der Waals surface area contributed by atoms with E-state index in [9.17, 15) is 13.2 Å². The first kappa shape index (κ1) is 26.9. The molecule has 3 heterocycles. The van der Waals surface area contributed by atoms with Crippen LogP contribution in [0.3, 0.4) is 0 Å². The van der Waals surface area contributed by atoms with Gasteiger partial charge in [-0.15, -0.1) is 0 Å². The molecule has 1 N–H and O–H groups in total. The lowest BCUT2D eigenvalue weighted by Crippen LogP contribution is -2.27. The fourth-order valence-corrected chi connectivity index (χ4v) is 5.67. The van der Waals surface area contributed by atoms with Crippen molar-refractivity contribution in [2.75, 3.05) is 11.8 Å². The lowest BCUT2D eigenvalue weighted by molar-refractivity contribution is 0.0783. The molecule has 0 saturated carbocycles. The van der Waals surface area contributed by atoms with Crippen molar-refractivity contribution in [2.45, 2.75) is 39.1 Å². The van der Waals surface area contributed by atoms with Gasteiger partial charge in [-0.1, -0.05) is 34.6 Å². The van der Waals surface area contributed by atoms with Crippen molar-refractivity contribution in [2.24, 2.45) is 0 Å². The number of oxazole rings is 1. The van der Waals surface area contributed by atoms with Gasteiger partial charge in [-0.05, 0) is 57.0 Å². The summed E-state index contributed by atoms with van der Waals surface area (Å²) in [6, 6.07) is 12.0. The number of anilines is 1. The summed E-state index contributed by atoms with van der Waals surface area (Å²) in [6.07, 6.45) is 3.01. The second-order valence-corrected chi connectivity index (χ2v) is 11.0. The van der Waals surface area contributed by atoms with Crippen molar-refractivity contribution in [3.05, 3.63) is 88.8 Å². The Bertz CT molecular complexity index is 1780. The number of aromatic nitrogens is 3. The van der Waals surface area contributed by atoms with Gasteiger partial charge in [0.15, 0.2) is 0 Å². The number of benzene rings is 2. The molecular formula is C28H27N5O6S. The Labute approximate surface area is 230 Å². The minimum absolute atomic E-state index is 0.0354. The first-order chi connectivity index (χ1) is 19.1. The van der Waals surface area contributed by atoms with Gasteiger partial charge in [-0.2, -0.15) is 0 Å². The quantitative estimate of drug-likeness (QED) is 0.267. The van der Waals surface area contributed by atoms with Gasteiger partial charge in [0, 0.05) is 30.3 Å². The zero-order valence-electron chi connectivity index (χ0n) is 22.5. The second kappa shape index (κ2) is 10.5. The molecule has 0 fully saturated rings. The standard InChI is InChI=1S/C28H27N5O6S/c1-16-17(2)30-39-26(16)32-40(35,36)24-9-7-6-8-23(24)22-11-10-20(27-29-12-13-37-27)14-21(22)15-33(5)28(34)25-18(3)31-38-19(25)4/h6-14,32H,15H2,1-5H3. The zero-order valence-corrected chi connectivity index (χ0v) is 23.4. The number of hydrogen-bond donors (Lipinski definition) is 1. The van der Waals surface area contributed by atoms with Gasteiger partial charge < -0.3 is 18.4 Å². The molecule has 206 valence electrons. The Kier molecular flexibility index (Phi) is 7.03. The van der Waals surface area contributed by atoms with E-state index in [4.69, 9.17) is 13.5 Å². The van der Waals surface area contributed by atoms with E-state index >= 15 is 0 Å². The van der Waals surface area contributed by atoms with Crippen LogP contribution in [-0.2, 0) is 16.6 Å². The highest BCUT2D eigenvalue weighted by molar-refractivity contribution is 7.92. The number of amides is 1. The van der Waals surface area contributed by atoms with E-state index in [0.717, 1.165) is 0 Å². The number of carbonyl (C=O) groups is 1. The number of nitrogens with one attached hydrogen (secondary N) is 1. The molecule has 5 aromatic rings. The third kappa shape index (κ3) is 5.00. The normalized spacial score (nSPS) is 11.5. The molecule has 1 amide bonds. The summed E-state index contributed by atoms with van der Waals surface area (Å²) in [7, 11) is -2.42. The largest absolute Gasteiger partial charge is 0.445 e. The number of rotatable bonds is 8. The van der Waals surface area contributed by atoms with Crippen LogP contribution in [0.1, 0.15) is 38.6 Å². The van der Waals surface area contributed by atoms with Crippen molar-refractivity contribution >= 4 is 21.8 Å². The second-order valence-electron chi connectivity index (χ2n) is 9.39. The van der Waals surface area contributed by atoms with E-state index in [1.165, 1.54) is 23.4 Å². The maximum Gasteiger partial charge on any atom is 0.264 e. The van der Waals surface area contributed by atoms with Crippen molar-refractivity contribution < 1.29 is 26.7 Å². The van der Waals surface area contributed by atoms with E-state index in [2.05, 4.69) is 20.0 Å². The van der Waals surface area contributed by atoms with Crippen LogP contribution in [0.4, 0.5) is 5.88 Å². The summed E-state index contributed by atoms with van der Waals surface area (Å²) < 4.78 is 45.5. The number of carbonyl (C=O) groups excluding carboxylic acids is 1. The summed E-state index contributed by atoms with van der Waals surface area (Å²) >= 11 is 0. The van der Waals surface area contributed by atoms with Gasteiger partial charge in [0.2, 0.25) is 11.8 Å². The van der Waals surface area contributed by atoms with E-state index in [1.807, 2.05) is 6.07 Å². The van der Waals surface area contributed by atoms with Crippen molar-refractivity contribution in [1.29, 1.82) is 0 Å². The predicted octanol–water partition coefficient (Wildman–Crippen LogP) is 5.29. The van der Waals surface area contributed by atoms with E-state index in [0.29, 0.717) is 56.4 Å². The highest BCUT2D eigenvalue weighted by Gasteiger charge is 2.26. The van der Waals surface area contributed by atoms with Crippen LogP contribution in [0.2, 0.25) is 0 Å². The number of hydrogen-bond acceptors (Lipinski definition) is 9. The average Bonchev–Trinajstić information content (AvgIpc) is 3.66. The van der Waals surface area contributed by atoms with Crippen molar-refractivity contribution in [3.63, 3.8) is 0 Å². The van der Waals surface area contributed by atoms with Crippen molar-refractivity contribution in [1.82, 2.24) is 20.2 Å². The topological polar surface area (TPSA) is 145 Å². The molecule has 40 heavy (non-hydrogen) atoms. The molecule has 0 spiro atoms. The van der Waals surface area contributed by atoms with E-state index in [1.54, 1.807) is 65.1 Å². The molecule has 0 bridgehead atoms. The molecule has 0 aliphatic carbocycles. The van der Waals surface area contributed by atoms with Gasteiger partial charge >= 0.3 is 0 Å². The number of aryl methyl sites for hydroxylation is 3. The summed E-state index contributed by atoms with van der Waals surface area (Å²) in [4.78, 5) is 19.1. The Morgan fingerprint density at radius 2 is 1.73 bits per heavy atom. The van der Waals surface area contributed by atoms with Crippen LogP contribution in [0.5, 0.6) is 0 Å². The molecule has 0 atom stereocenters. The molecule has 12 heteroatoms. The molecule has 5 rings (SSSR count). The molecule has 2 aromatic carbocycles. The zero-order chi connectivity index (χ0) is 28.6. The maximum atomic E-state index is 13.6. The first-order valence-corrected chi connectivity index (χ1v) is 13.8. The van der Waals surface area contributed by atoms with Gasteiger partial charge in [-0.3, -0.25) is 4.79 Å². The number of nitrogens with zero attached hydrogens (tertiary/aromatic N) is 4. The molecule has 0 saturated heterocycles. The highest BCUT2D eigenvalue weighted by Crippen LogP contribution is 2.35. The Morgan fingerprint density at radius 3 is 2.38 bits per heavy atom. The van der Waals surface area contributed by atoms with Gasteiger partial charge in [0.1, 0.15) is 17.6 Å². The maximum absolute atomic E-state index is 13.6. The lowest BCUT2D eigenvalue weighted by atomic mass is 9.96. The highest BCUT2D eigenvalue weighted by atomic mass is 32.2. The Balaban J connectivity index is 1.59. The minimum Gasteiger partial charge on any atom is -0.445 e.